The number of halogens is 1. The summed E-state index contributed by atoms with van der Waals surface area (Å²) in [7, 11) is -4.38. The lowest BCUT2D eigenvalue weighted by atomic mass is 9.95. The smallest absolute Gasteiger partial charge is 0.412 e. The zero-order valence-corrected chi connectivity index (χ0v) is 10.4. The SMILES string of the molecule is N=[N+]=C1C=Cc2c(cccc2S(=O)(=O)O)C1=O.[Cl-]. The molecule has 0 saturated carbocycles. The Bertz CT molecular complexity index is 703. The Morgan fingerprint density at radius 3 is 2.44 bits per heavy atom. The van der Waals surface area contributed by atoms with Gasteiger partial charge >= 0.3 is 5.71 Å². The molecule has 0 bridgehead atoms. The van der Waals surface area contributed by atoms with Crippen LogP contribution in [0.15, 0.2) is 29.2 Å². The average molecular weight is 287 g/mol. The first kappa shape index (κ1) is 14.3. The number of hydrogen-bond donors (Lipinski definition) is 2. The molecule has 1 aromatic rings. The van der Waals surface area contributed by atoms with Crippen molar-refractivity contribution in [2.75, 3.05) is 0 Å². The highest BCUT2D eigenvalue weighted by atomic mass is 35.5. The van der Waals surface area contributed by atoms with E-state index in [9.17, 15) is 13.2 Å². The number of allylic oxidation sites excluding steroid dienone is 1. The van der Waals surface area contributed by atoms with Gasteiger partial charge in [0.1, 0.15) is 4.90 Å². The Kier molecular flexibility index (Phi) is 3.83. The monoisotopic (exact) mass is 286 g/mol. The number of hydrogen-bond acceptors (Lipinski definition) is 4. The van der Waals surface area contributed by atoms with Gasteiger partial charge in [-0.25, -0.2) is 0 Å². The van der Waals surface area contributed by atoms with Crippen molar-refractivity contribution in [1.82, 2.24) is 0 Å². The van der Waals surface area contributed by atoms with Crippen LogP contribution in [0.5, 0.6) is 0 Å². The number of fused-ring (bicyclic) bond motifs is 1. The summed E-state index contributed by atoms with van der Waals surface area (Å²) >= 11 is 0. The third-order valence-corrected chi connectivity index (χ3v) is 3.26. The summed E-state index contributed by atoms with van der Waals surface area (Å²) in [5, 5.41) is 0. The summed E-state index contributed by atoms with van der Waals surface area (Å²) in [4.78, 5) is 14.5. The lowest BCUT2D eigenvalue weighted by molar-refractivity contribution is -0.117. The van der Waals surface area contributed by atoms with Crippen molar-refractivity contribution in [1.29, 1.82) is 5.53 Å². The molecular weight excluding hydrogens is 280 g/mol. The van der Waals surface area contributed by atoms with Crippen LogP contribution in [-0.4, -0.2) is 29.3 Å². The van der Waals surface area contributed by atoms with E-state index in [1.165, 1.54) is 30.4 Å². The van der Waals surface area contributed by atoms with Crippen LogP contribution >= 0.6 is 0 Å². The fourth-order valence-electron chi connectivity index (χ4n) is 1.60. The van der Waals surface area contributed by atoms with Crippen molar-refractivity contribution in [3.8, 4) is 0 Å². The predicted molar refractivity (Wildman–Crippen MR) is 57.6 cm³/mol. The molecule has 0 atom stereocenters. The van der Waals surface area contributed by atoms with Crippen LogP contribution in [0.25, 0.3) is 6.08 Å². The normalized spacial score (nSPS) is 13.6. The van der Waals surface area contributed by atoms with Crippen LogP contribution in [0.4, 0.5) is 0 Å². The highest BCUT2D eigenvalue weighted by Gasteiger charge is 2.30. The molecule has 0 fully saturated rings. The van der Waals surface area contributed by atoms with E-state index >= 15 is 0 Å². The lowest BCUT2D eigenvalue weighted by Crippen LogP contribution is -3.00. The maximum absolute atomic E-state index is 11.7. The molecule has 0 spiro atoms. The molecule has 1 aliphatic rings. The third-order valence-electron chi connectivity index (χ3n) is 2.35. The Balaban J connectivity index is 0.00000162. The molecule has 0 heterocycles. The lowest BCUT2D eigenvalue weighted by Gasteiger charge is -2.09. The quantitative estimate of drug-likeness (QED) is 0.348. The number of carbonyl (C=O) groups is 1. The number of nitrogens with zero attached hydrogens (tertiary/aromatic N) is 1. The van der Waals surface area contributed by atoms with Crippen LogP contribution in [0.1, 0.15) is 15.9 Å². The second-order valence-corrected chi connectivity index (χ2v) is 4.74. The van der Waals surface area contributed by atoms with E-state index in [1.807, 2.05) is 0 Å². The molecule has 18 heavy (non-hydrogen) atoms. The van der Waals surface area contributed by atoms with Gasteiger partial charge in [-0.05, 0) is 12.1 Å². The van der Waals surface area contributed by atoms with Gasteiger partial charge in [0, 0.05) is 17.2 Å². The Hall–Kier alpha value is -1.79. The zero-order chi connectivity index (χ0) is 12.6. The molecule has 0 unspecified atom stereocenters. The number of benzene rings is 1. The molecule has 8 heteroatoms. The molecule has 2 rings (SSSR count). The number of nitrogens with one attached hydrogen (secondary N) is 1. The molecule has 0 amide bonds. The maximum atomic E-state index is 11.7. The third kappa shape index (κ3) is 2.25. The van der Waals surface area contributed by atoms with E-state index in [-0.39, 0.29) is 34.1 Å². The summed E-state index contributed by atoms with van der Waals surface area (Å²) in [6.07, 6.45) is 2.58. The van der Waals surface area contributed by atoms with Gasteiger partial charge in [-0.15, -0.1) is 0 Å². The van der Waals surface area contributed by atoms with Crippen molar-refractivity contribution in [2.45, 2.75) is 4.90 Å². The van der Waals surface area contributed by atoms with Gasteiger partial charge in [0.15, 0.2) is 0 Å². The summed E-state index contributed by atoms with van der Waals surface area (Å²) in [5.74, 6) is -0.539. The Morgan fingerprint density at radius 1 is 1.22 bits per heavy atom. The van der Waals surface area contributed by atoms with Gasteiger partial charge in [0.05, 0.1) is 10.3 Å². The highest BCUT2D eigenvalue weighted by molar-refractivity contribution is 7.86. The standard InChI is InChI=1S/C10H6N2O4S.ClH/c11-12-8-5-4-6-7(10(8)13)2-1-3-9(6)17(14,15)16;/h1-5,11H;1H. The fraction of sp³-hybridized carbons (Fsp3) is 0. The van der Waals surface area contributed by atoms with Gasteiger partial charge < -0.3 is 12.4 Å². The van der Waals surface area contributed by atoms with Gasteiger partial charge in [0.2, 0.25) is 0 Å². The summed E-state index contributed by atoms with van der Waals surface area (Å²) in [5.41, 5.74) is 6.94. The minimum atomic E-state index is -4.38. The van der Waals surface area contributed by atoms with Crippen LogP contribution in [0.3, 0.4) is 0 Å². The van der Waals surface area contributed by atoms with Crippen molar-refractivity contribution < 1.29 is 35.0 Å². The fourth-order valence-corrected chi connectivity index (χ4v) is 2.31. The average Bonchev–Trinajstić information content (AvgIpc) is 2.28. The number of carbonyl (C=O) groups excluding carboxylic acids is 1. The van der Waals surface area contributed by atoms with E-state index in [1.54, 1.807) is 0 Å². The van der Waals surface area contributed by atoms with E-state index in [2.05, 4.69) is 4.79 Å². The Labute approximate surface area is 109 Å². The number of Topliss-reactive ketones (excluding diaryl/α,β-unsaturated/α-hetero) is 1. The minimum Gasteiger partial charge on any atom is -1.00 e. The molecule has 0 radical (unpaired) electrons. The topological polar surface area (TPSA) is 109 Å². The second-order valence-electron chi connectivity index (χ2n) is 3.35. The maximum Gasteiger partial charge on any atom is 0.412 e. The number of ketones is 1. The van der Waals surface area contributed by atoms with Crippen molar-refractivity contribution >= 4 is 27.7 Å². The molecule has 0 aliphatic heterocycles. The van der Waals surface area contributed by atoms with Crippen LogP contribution < -0.4 is 12.4 Å². The molecule has 94 valence electrons. The molecule has 0 aromatic heterocycles. The van der Waals surface area contributed by atoms with E-state index < -0.39 is 15.9 Å². The summed E-state index contributed by atoms with van der Waals surface area (Å²) < 4.78 is 31.2. The van der Waals surface area contributed by atoms with Crippen molar-refractivity contribution in [3.05, 3.63) is 35.4 Å². The van der Waals surface area contributed by atoms with Gasteiger partial charge in [0.25, 0.3) is 15.9 Å². The van der Waals surface area contributed by atoms with Gasteiger partial charge in [-0.3, -0.25) is 9.35 Å². The summed E-state index contributed by atoms with van der Waals surface area (Å²) in [6, 6.07) is 3.97. The molecule has 2 N–H and O–H groups in total. The van der Waals surface area contributed by atoms with Crippen LogP contribution in [0, 0.1) is 5.53 Å². The van der Waals surface area contributed by atoms with E-state index in [4.69, 9.17) is 10.1 Å². The zero-order valence-electron chi connectivity index (χ0n) is 8.79. The molecule has 0 saturated heterocycles. The molecular formula is C10H7ClN2O4S. The first-order chi connectivity index (χ1) is 7.95. The van der Waals surface area contributed by atoms with E-state index in [0.29, 0.717) is 0 Å². The second kappa shape index (κ2) is 4.83. The van der Waals surface area contributed by atoms with Gasteiger partial charge in [-0.1, -0.05) is 12.1 Å². The number of rotatable bonds is 1. The molecule has 6 nitrogen and oxygen atoms in total. The molecule has 1 aliphatic carbocycles. The predicted octanol–water partition coefficient (Wildman–Crippen LogP) is -2.17. The van der Waals surface area contributed by atoms with E-state index in [0.717, 1.165) is 0 Å². The minimum absolute atomic E-state index is 0. The Morgan fingerprint density at radius 2 is 1.89 bits per heavy atom. The van der Waals surface area contributed by atoms with Gasteiger partial charge in [-0.2, -0.15) is 8.42 Å². The first-order valence-corrected chi connectivity index (χ1v) is 5.97. The van der Waals surface area contributed by atoms with Crippen LogP contribution in [0.2, 0.25) is 0 Å². The largest absolute Gasteiger partial charge is 1.00 e. The summed E-state index contributed by atoms with van der Waals surface area (Å²) in [6.45, 7) is 0. The van der Waals surface area contributed by atoms with Crippen LogP contribution in [-0.2, 0) is 10.1 Å². The van der Waals surface area contributed by atoms with Crippen molar-refractivity contribution in [2.24, 2.45) is 0 Å². The van der Waals surface area contributed by atoms with Crippen molar-refractivity contribution in [3.63, 3.8) is 0 Å². The first-order valence-electron chi connectivity index (χ1n) is 4.53. The molecule has 1 aromatic carbocycles. The highest BCUT2D eigenvalue weighted by Crippen LogP contribution is 2.24.